The van der Waals surface area contributed by atoms with E-state index in [1.165, 1.54) is 6.42 Å². The van der Waals surface area contributed by atoms with Gasteiger partial charge in [-0.3, -0.25) is 4.79 Å². The zero-order valence-electron chi connectivity index (χ0n) is 14.4. The molecule has 134 valence electrons. The normalized spacial score (nSPS) is 19.0. The van der Waals surface area contributed by atoms with E-state index in [-0.39, 0.29) is 24.9 Å². The molecule has 2 aromatic carbocycles. The highest BCUT2D eigenvalue weighted by atomic mass is 35.5. The SMILES string of the molecule is Cl.O=C(COc1cccc2ccccc12)N1CCC2(CCNC2)CC1. The van der Waals surface area contributed by atoms with Crippen LogP contribution in [0.15, 0.2) is 42.5 Å². The van der Waals surface area contributed by atoms with Crippen LogP contribution in [0.3, 0.4) is 0 Å². The van der Waals surface area contributed by atoms with Crippen LogP contribution in [0.1, 0.15) is 19.3 Å². The van der Waals surface area contributed by atoms with Crippen LogP contribution in [-0.2, 0) is 4.79 Å². The first kappa shape index (κ1) is 18.0. The molecule has 0 atom stereocenters. The lowest BCUT2D eigenvalue weighted by Crippen LogP contribution is -2.45. The Hall–Kier alpha value is -1.78. The van der Waals surface area contributed by atoms with Crippen molar-refractivity contribution in [3.05, 3.63) is 42.5 Å². The van der Waals surface area contributed by atoms with Crippen molar-refractivity contribution in [1.29, 1.82) is 0 Å². The summed E-state index contributed by atoms with van der Waals surface area (Å²) in [5, 5.41) is 5.66. The largest absolute Gasteiger partial charge is 0.483 e. The molecule has 5 heteroatoms. The molecular formula is C20H25ClN2O2. The molecule has 2 aliphatic heterocycles. The highest BCUT2D eigenvalue weighted by Crippen LogP contribution is 2.36. The van der Waals surface area contributed by atoms with Gasteiger partial charge in [-0.1, -0.05) is 36.4 Å². The van der Waals surface area contributed by atoms with Crippen LogP contribution >= 0.6 is 12.4 Å². The van der Waals surface area contributed by atoms with E-state index in [4.69, 9.17) is 4.74 Å². The number of piperidine rings is 1. The number of hydrogen-bond acceptors (Lipinski definition) is 3. The second-order valence-corrected chi connectivity index (χ2v) is 7.07. The van der Waals surface area contributed by atoms with Gasteiger partial charge >= 0.3 is 0 Å². The minimum absolute atomic E-state index is 0. The number of carbonyl (C=O) groups is 1. The van der Waals surface area contributed by atoms with Gasteiger partial charge in [0, 0.05) is 25.0 Å². The minimum Gasteiger partial charge on any atom is -0.483 e. The van der Waals surface area contributed by atoms with Crippen LogP contribution in [-0.4, -0.2) is 43.6 Å². The van der Waals surface area contributed by atoms with Crippen LogP contribution in [0.25, 0.3) is 10.8 Å². The second kappa shape index (κ2) is 7.63. The Balaban J connectivity index is 0.00000182. The molecule has 0 radical (unpaired) electrons. The zero-order valence-corrected chi connectivity index (χ0v) is 15.2. The minimum atomic E-state index is 0. The van der Waals surface area contributed by atoms with E-state index < -0.39 is 0 Å². The third-order valence-corrected chi connectivity index (χ3v) is 5.61. The molecule has 1 spiro atoms. The first-order valence-electron chi connectivity index (χ1n) is 8.85. The summed E-state index contributed by atoms with van der Waals surface area (Å²) in [6.45, 7) is 4.08. The number of halogens is 1. The Morgan fingerprint density at radius 1 is 1.08 bits per heavy atom. The van der Waals surface area contributed by atoms with Gasteiger partial charge in [0.05, 0.1) is 0 Å². The number of nitrogens with one attached hydrogen (secondary N) is 1. The fourth-order valence-corrected chi connectivity index (χ4v) is 4.01. The summed E-state index contributed by atoms with van der Waals surface area (Å²) in [5.41, 5.74) is 0.438. The molecule has 1 amide bonds. The lowest BCUT2D eigenvalue weighted by atomic mass is 9.78. The number of amides is 1. The van der Waals surface area contributed by atoms with E-state index in [1.54, 1.807) is 0 Å². The summed E-state index contributed by atoms with van der Waals surface area (Å²) in [5.74, 6) is 0.888. The van der Waals surface area contributed by atoms with Crippen molar-refractivity contribution in [2.75, 3.05) is 32.8 Å². The van der Waals surface area contributed by atoms with E-state index in [0.717, 1.165) is 55.5 Å². The summed E-state index contributed by atoms with van der Waals surface area (Å²) in [6.07, 6.45) is 3.47. The van der Waals surface area contributed by atoms with Crippen molar-refractivity contribution in [2.45, 2.75) is 19.3 Å². The molecule has 0 aliphatic carbocycles. The molecule has 0 aromatic heterocycles. The molecule has 2 saturated heterocycles. The van der Waals surface area contributed by atoms with Gasteiger partial charge in [0.25, 0.3) is 5.91 Å². The van der Waals surface area contributed by atoms with Crippen LogP contribution in [0.5, 0.6) is 5.75 Å². The maximum absolute atomic E-state index is 12.5. The van der Waals surface area contributed by atoms with Crippen molar-refractivity contribution >= 4 is 29.1 Å². The highest BCUT2D eigenvalue weighted by molar-refractivity contribution is 5.88. The number of carbonyl (C=O) groups excluding carboxylic acids is 1. The summed E-state index contributed by atoms with van der Waals surface area (Å²) in [4.78, 5) is 14.5. The van der Waals surface area contributed by atoms with Gasteiger partial charge in [-0.15, -0.1) is 12.4 Å². The summed E-state index contributed by atoms with van der Waals surface area (Å²) in [6, 6.07) is 14.1. The van der Waals surface area contributed by atoms with Gasteiger partial charge in [0.1, 0.15) is 5.75 Å². The number of nitrogens with zero attached hydrogens (tertiary/aromatic N) is 1. The molecule has 4 nitrogen and oxygen atoms in total. The van der Waals surface area contributed by atoms with Gasteiger partial charge in [-0.25, -0.2) is 0 Å². The Bertz CT molecular complexity index is 728. The second-order valence-electron chi connectivity index (χ2n) is 7.07. The van der Waals surface area contributed by atoms with Crippen molar-refractivity contribution in [3.63, 3.8) is 0 Å². The number of hydrogen-bond donors (Lipinski definition) is 1. The van der Waals surface area contributed by atoms with Gasteiger partial charge in [-0.2, -0.15) is 0 Å². The van der Waals surface area contributed by atoms with Crippen molar-refractivity contribution in [2.24, 2.45) is 5.41 Å². The van der Waals surface area contributed by atoms with Crippen LogP contribution in [0, 0.1) is 5.41 Å². The Kier molecular flexibility index (Phi) is 5.50. The molecule has 2 aliphatic rings. The summed E-state index contributed by atoms with van der Waals surface area (Å²) >= 11 is 0. The Morgan fingerprint density at radius 3 is 2.60 bits per heavy atom. The number of benzene rings is 2. The maximum Gasteiger partial charge on any atom is 0.260 e. The number of ether oxygens (including phenoxy) is 1. The fourth-order valence-electron chi connectivity index (χ4n) is 4.01. The van der Waals surface area contributed by atoms with Crippen LogP contribution < -0.4 is 10.1 Å². The summed E-state index contributed by atoms with van der Waals surface area (Å²) < 4.78 is 5.85. The quantitative estimate of drug-likeness (QED) is 0.913. The molecule has 4 rings (SSSR count). The first-order valence-corrected chi connectivity index (χ1v) is 8.85. The molecule has 2 aromatic rings. The van der Waals surface area contributed by atoms with Crippen molar-refractivity contribution in [1.82, 2.24) is 10.2 Å². The van der Waals surface area contributed by atoms with E-state index >= 15 is 0 Å². The fraction of sp³-hybridized carbons (Fsp3) is 0.450. The number of likely N-dealkylation sites (tertiary alicyclic amines) is 1. The van der Waals surface area contributed by atoms with E-state index in [2.05, 4.69) is 17.4 Å². The summed E-state index contributed by atoms with van der Waals surface area (Å²) in [7, 11) is 0. The molecular weight excluding hydrogens is 336 g/mol. The predicted octanol–water partition coefficient (Wildman–Crippen LogP) is 3.24. The number of rotatable bonds is 3. The molecule has 2 fully saturated rings. The van der Waals surface area contributed by atoms with Crippen LogP contribution in [0.4, 0.5) is 0 Å². The average Bonchev–Trinajstić information content (AvgIpc) is 3.08. The van der Waals surface area contributed by atoms with Gasteiger partial charge < -0.3 is 15.0 Å². The average molecular weight is 361 g/mol. The van der Waals surface area contributed by atoms with E-state index in [9.17, 15) is 4.79 Å². The smallest absolute Gasteiger partial charge is 0.260 e. The van der Waals surface area contributed by atoms with Gasteiger partial charge in [0.15, 0.2) is 6.61 Å². The molecule has 0 saturated carbocycles. The highest BCUT2D eigenvalue weighted by Gasteiger charge is 2.38. The molecule has 2 heterocycles. The zero-order chi connectivity index (χ0) is 16.4. The predicted molar refractivity (Wildman–Crippen MR) is 102 cm³/mol. The molecule has 1 N–H and O–H groups in total. The molecule has 0 bridgehead atoms. The van der Waals surface area contributed by atoms with Gasteiger partial charge in [-0.05, 0) is 42.7 Å². The monoisotopic (exact) mass is 360 g/mol. The van der Waals surface area contributed by atoms with Crippen LogP contribution in [0.2, 0.25) is 0 Å². The lowest BCUT2D eigenvalue weighted by Gasteiger charge is -2.38. The van der Waals surface area contributed by atoms with E-state index in [1.807, 2.05) is 35.2 Å². The van der Waals surface area contributed by atoms with E-state index in [0.29, 0.717) is 5.41 Å². The topological polar surface area (TPSA) is 41.6 Å². The standard InChI is InChI=1S/C20H24N2O2.ClH/c23-19(22-12-9-20(10-13-22)8-11-21-15-20)14-24-18-7-3-5-16-4-1-2-6-17(16)18;/h1-7,21H,8-15H2;1H. The van der Waals surface area contributed by atoms with Gasteiger partial charge in [0.2, 0.25) is 0 Å². The number of fused-ring (bicyclic) bond motifs is 1. The third kappa shape index (κ3) is 3.75. The maximum atomic E-state index is 12.5. The molecule has 25 heavy (non-hydrogen) atoms. The third-order valence-electron chi connectivity index (χ3n) is 5.61. The van der Waals surface area contributed by atoms with Crippen molar-refractivity contribution in [3.8, 4) is 5.75 Å². The molecule has 0 unspecified atom stereocenters. The first-order chi connectivity index (χ1) is 11.8. The Labute approximate surface area is 154 Å². The Morgan fingerprint density at radius 2 is 1.84 bits per heavy atom. The van der Waals surface area contributed by atoms with Crippen molar-refractivity contribution < 1.29 is 9.53 Å². The lowest BCUT2D eigenvalue weighted by molar-refractivity contribution is -0.135.